The number of nitrogens with zero attached hydrogens (tertiary/aromatic N) is 2. The van der Waals surface area contributed by atoms with Gasteiger partial charge in [0.2, 0.25) is 6.54 Å². The summed E-state index contributed by atoms with van der Waals surface area (Å²) in [6.07, 6.45) is 1.99. The minimum absolute atomic E-state index is 0.115. The topological polar surface area (TPSA) is 55.5 Å². The molecule has 11 heavy (non-hydrogen) atoms. The van der Waals surface area contributed by atoms with Gasteiger partial charge in [-0.15, -0.1) is 0 Å². The molecule has 0 aliphatic carbocycles. The minimum atomic E-state index is -0.335. The van der Waals surface area contributed by atoms with Crippen molar-refractivity contribution in [1.29, 1.82) is 0 Å². The molecule has 0 aromatic carbocycles. The van der Waals surface area contributed by atoms with E-state index in [1.54, 1.807) is 0 Å². The van der Waals surface area contributed by atoms with Crippen LogP contribution in [0.15, 0.2) is 4.99 Å². The molecule has 0 radical (unpaired) electrons. The van der Waals surface area contributed by atoms with Gasteiger partial charge in [0.1, 0.15) is 0 Å². The molecule has 0 N–H and O–H groups in total. The molecular weight excluding hydrogens is 212 g/mol. The van der Waals surface area contributed by atoms with Gasteiger partial charge in [0.25, 0.3) is 0 Å². The molecule has 1 aliphatic heterocycles. The fourth-order valence-electron chi connectivity index (χ4n) is 1.04. The Morgan fingerprint density at radius 3 is 3.09 bits per heavy atom. The number of halogens is 1. The van der Waals surface area contributed by atoms with Crippen molar-refractivity contribution >= 4 is 21.6 Å². The number of aliphatic imine (C=N–C) groups is 1. The van der Waals surface area contributed by atoms with Gasteiger partial charge in [-0.1, -0.05) is 15.9 Å². The molecule has 1 rings (SSSR count). The maximum absolute atomic E-state index is 10.1. The second-order valence-electron chi connectivity index (χ2n) is 2.47. The van der Waals surface area contributed by atoms with Crippen molar-refractivity contribution in [2.75, 3.05) is 13.1 Å². The second kappa shape index (κ2) is 3.80. The van der Waals surface area contributed by atoms with Crippen molar-refractivity contribution < 1.29 is 4.92 Å². The average molecular weight is 221 g/mol. The molecule has 0 aromatic heterocycles. The molecule has 0 amide bonds. The fraction of sp³-hybridized carbons (Fsp3) is 0.833. The van der Waals surface area contributed by atoms with Crippen LogP contribution in [0.4, 0.5) is 0 Å². The standard InChI is InChI=1S/C6H9BrN2O2/c7-5-2-1-3-8-6(5)4-9(10)11/h5H,1-4H2. The Morgan fingerprint density at radius 1 is 1.82 bits per heavy atom. The van der Waals surface area contributed by atoms with Crippen LogP contribution in [0.3, 0.4) is 0 Å². The van der Waals surface area contributed by atoms with E-state index in [-0.39, 0.29) is 16.3 Å². The van der Waals surface area contributed by atoms with Crippen LogP contribution >= 0.6 is 15.9 Å². The van der Waals surface area contributed by atoms with Crippen LogP contribution in [0.5, 0.6) is 0 Å². The number of hydrogen-bond acceptors (Lipinski definition) is 3. The van der Waals surface area contributed by atoms with Gasteiger partial charge in [0.05, 0.1) is 10.5 Å². The smallest absolute Gasteiger partial charge is 0.242 e. The third-order valence-corrected chi connectivity index (χ3v) is 2.57. The highest BCUT2D eigenvalue weighted by molar-refractivity contribution is 9.10. The lowest BCUT2D eigenvalue weighted by molar-refractivity contribution is -0.463. The Kier molecular flexibility index (Phi) is 2.99. The largest absolute Gasteiger partial charge is 0.286 e. The van der Waals surface area contributed by atoms with E-state index in [4.69, 9.17) is 0 Å². The van der Waals surface area contributed by atoms with Crippen LogP contribution in [-0.4, -0.2) is 28.6 Å². The van der Waals surface area contributed by atoms with Gasteiger partial charge in [-0.2, -0.15) is 0 Å². The highest BCUT2D eigenvalue weighted by atomic mass is 79.9. The summed E-state index contributed by atoms with van der Waals surface area (Å²) >= 11 is 3.35. The van der Waals surface area contributed by atoms with Crippen LogP contribution in [0.1, 0.15) is 12.8 Å². The zero-order valence-electron chi connectivity index (χ0n) is 5.99. The molecule has 0 aromatic rings. The number of rotatable bonds is 2. The molecule has 0 saturated heterocycles. The molecule has 5 heteroatoms. The lowest BCUT2D eigenvalue weighted by atomic mass is 10.1. The van der Waals surface area contributed by atoms with E-state index in [0.29, 0.717) is 5.71 Å². The summed E-state index contributed by atoms with van der Waals surface area (Å²) in [6.45, 7) is 0.626. The van der Waals surface area contributed by atoms with Crippen molar-refractivity contribution in [3.05, 3.63) is 10.1 Å². The van der Waals surface area contributed by atoms with Gasteiger partial charge in [0, 0.05) is 11.5 Å². The second-order valence-corrected chi connectivity index (χ2v) is 3.58. The maximum atomic E-state index is 10.1. The normalized spacial score (nSPS) is 24.5. The molecule has 0 saturated carbocycles. The fourth-order valence-corrected chi connectivity index (χ4v) is 1.65. The SMILES string of the molecule is O=[N+]([O-])CC1=NCCCC1Br. The Bertz CT molecular complexity index is 193. The van der Waals surface area contributed by atoms with Crippen LogP contribution in [-0.2, 0) is 0 Å². The summed E-state index contributed by atoms with van der Waals surface area (Å²) in [7, 11) is 0. The van der Waals surface area contributed by atoms with Gasteiger partial charge in [-0.3, -0.25) is 15.1 Å². The van der Waals surface area contributed by atoms with E-state index in [1.165, 1.54) is 0 Å². The minimum Gasteiger partial charge on any atom is -0.286 e. The zero-order valence-corrected chi connectivity index (χ0v) is 7.58. The van der Waals surface area contributed by atoms with Gasteiger partial charge in [-0.05, 0) is 12.8 Å². The maximum Gasteiger partial charge on any atom is 0.242 e. The zero-order chi connectivity index (χ0) is 8.27. The molecule has 62 valence electrons. The Hall–Kier alpha value is -0.450. The van der Waals surface area contributed by atoms with E-state index in [1.807, 2.05) is 0 Å². The number of alkyl halides is 1. The average Bonchev–Trinajstić information content (AvgIpc) is 1.93. The van der Waals surface area contributed by atoms with Crippen LogP contribution in [0, 0.1) is 10.1 Å². The molecule has 0 fully saturated rings. The molecule has 4 nitrogen and oxygen atoms in total. The highest BCUT2D eigenvalue weighted by Crippen LogP contribution is 2.15. The third-order valence-electron chi connectivity index (χ3n) is 1.58. The molecular formula is C6H9BrN2O2. The molecule has 1 atom stereocenters. The molecule has 0 bridgehead atoms. The lowest BCUT2D eigenvalue weighted by Gasteiger charge is -2.14. The van der Waals surface area contributed by atoms with Gasteiger partial charge >= 0.3 is 0 Å². The predicted molar refractivity (Wildman–Crippen MR) is 46.1 cm³/mol. The molecule has 0 spiro atoms. The first-order chi connectivity index (χ1) is 5.20. The van der Waals surface area contributed by atoms with Gasteiger partial charge in [0.15, 0.2) is 0 Å². The molecule has 1 heterocycles. The monoisotopic (exact) mass is 220 g/mol. The Balaban J connectivity index is 2.53. The van der Waals surface area contributed by atoms with Crippen molar-refractivity contribution in [2.24, 2.45) is 4.99 Å². The molecule has 1 aliphatic rings. The number of nitro groups is 1. The quantitative estimate of drug-likeness (QED) is 0.400. The summed E-state index contributed by atoms with van der Waals surface area (Å²) in [5.41, 5.74) is 0.682. The summed E-state index contributed by atoms with van der Waals surface area (Å²) in [5, 5.41) is 10.1. The van der Waals surface area contributed by atoms with Crippen LogP contribution in [0.2, 0.25) is 0 Å². The van der Waals surface area contributed by atoms with Crippen LogP contribution in [0.25, 0.3) is 0 Å². The highest BCUT2D eigenvalue weighted by Gasteiger charge is 2.19. The number of hydrogen-bond donors (Lipinski definition) is 0. The first-order valence-corrected chi connectivity index (χ1v) is 4.41. The summed E-state index contributed by atoms with van der Waals surface area (Å²) < 4.78 is 0. The lowest BCUT2D eigenvalue weighted by Crippen LogP contribution is -2.26. The summed E-state index contributed by atoms with van der Waals surface area (Å²) in [6, 6.07) is 0. The van der Waals surface area contributed by atoms with Crippen molar-refractivity contribution in [3.8, 4) is 0 Å². The van der Waals surface area contributed by atoms with Crippen molar-refractivity contribution in [2.45, 2.75) is 17.7 Å². The Labute approximate surface area is 73.0 Å². The summed E-state index contributed by atoms with van der Waals surface area (Å²) in [4.78, 5) is 14.0. The van der Waals surface area contributed by atoms with E-state index in [0.717, 1.165) is 19.4 Å². The van der Waals surface area contributed by atoms with E-state index in [9.17, 15) is 10.1 Å². The van der Waals surface area contributed by atoms with Crippen molar-refractivity contribution in [3.63, 3.8) is 0 Å². The first-order valence-electron chi connectivity index (χ1n) is 3.49. The molecule has 1 unspecified atom stereocenters. The van der Waals surface area contributed by atoms with Crippen molar-refractivity contribution in [1.82, 2.24) is 0 Å². The van der Waals surface area contributed by atoms with E-state index >= 15 is 0 Å². The predicted octanol–water partition coefficient (Wildman–Crippen LogP) is 1.26. The Morgan fingerprint density at radius 2 is 2.55 bits per heavy atom. The van der Waals surface area contributed by atoms with Gasteiger partial charge < -0.3 is 0 Å². The summed E-state index contributed by atoms with van der Waals surface area (Å²) in [5.74, 6) is 0. The van der Waals surface area contributed by atoms with E-state index < -0.39 is 0 Å². The first kappa shape index (κ1) is 8.64. The van der Waals surface area contributed by atoms with Crippen LogP contribution < -0.4 is 0 Å². The van der Waals surface area contributed by atoms with E-state index in [2.05, 4.69) is 20.9 Å². The van der Waals surface area contributed by atoms with Gasteiger partial charge in [-0.25, -0.2) is 0 Å². The third kappa shape index (κ3) is 2.57.